The van der Waals surface area contributed by atoms with Crippen LogP contribution in [0.15, 0.2) is 36.4 Å². The first-order chi connectivity index (χ1) is 12.1. The van der Waals surface area contributed by atoms with Gasteiger partial charge in [-0.05, 0) is 48.6 Å². The summed E-state index contributed by atoms with van der Waals surface area (Å²) in [5.41, 5.74) is 3.34. The van der Waals surface area contributed by atoms with Crippen molar-refractivity contribution in [2.45, 2.75) is 59.2 Å². The highest BCUT2D eigenvalue weighted by molar-refractivity contribution is 5.49. The lowest BCUT2D eigenvalue weighted by Gasteiger charge is -2.28. The molecule has 0 heterocycles. The summed E-state index contributed by atoms with van der Waals surface area (Å²) in [4.78, 5) is 2.22. The van der Waals surface area contributed by atoms with E-state index in [2.05, 4.69) is 45.6 Å². The highest BCUT2D eigenvalue weighted by atomic mass is 16.3. The van der Waals surface area contributed by atoms with E-state index < -0.39 is 0 Å². The third-order valence-corrected chi connectivity index (χ3v) is 4.61. The van der Waals surface area contributed by atoms with Crippen molar-refractivity contribution >= 4 is 0 Å². The third kappa shape index (κ3) is 4.77. The normalized spacial score (nSPS) is 11.8. The molecule has 0 aliphatic heterocycles. The van der Waals surface area contributed by atoms with Gasteiger partial charge in [-0.25, -0.2) is 0 Å². The summed E-state index contributed by atoms with van der Waals surface area (Å²) in [5, 5.41) is 29.4. The molecule has 0 radical (unpaired) electrons. The standard InChI is InChI=1S/C22H28N2O2/c1-15(2)24(13-17-8-6-16(12-23)7-9-17)14-18-10-19(22(3,4)5)11-20(25)21(18)26/h6-11,15,25-26H,13-14H2,1-5H3. The number of hydrogen-bond acceptors (Lipinski definition) is 4. The molecule has 2 aromatic rings. The lowest BCUT2D eigenvalue weighted by atomic mass is 9.85. The van der Waals surface area contributed by atoms with Crippen LogP contribution in [0.4, 0.5) is 0 Å². The second kappa shape index (κ2) is 7.80. The molecule has 0 amide bonds. The van der Waals surface area contributed by atoms with Crippen molar-refractivity contribution in [3.8, 4) is 17.6 Å². The average molecular weight is 352 g/mol. The number of nitrogens with zero attached hydrogens (tertiary/aromatic N) is 2. The maximum absolute atomic E-state index is 10.3. The van der Waals surface area contributed by atoms with E-state index in [0.29, 0.717) is 18.7 Å². The summed E-state index contributed by atoms with van der Waals surface area (Å²) < 4.78 is 0. The summed E-state index contributed by atoms with van der Waals surface area (Å²) in [6.07, 6.45) is 0. The van der Waals surface area contributed by atoms with Crippen molar-refractivity contribution in [2.75, 3.05) is 0 Å². The van der Waals surface area contributed by atoms with Gasteiger partial charge in [0.2, 0.25) is 0 Å². The topological polar surface area (TPSA) is 67.5 Å². The van der Waals surface area contributed by atoms with Gasteiger partial charge in [-0.1, -0.05) is 39.0 Å². The minimum absolute atomic E-state index is 0.0523. The first-order valence-corrected chi connectivity index (χ1v) is 8.90. The number of nitriles is 1. The van der Waals surface area contributed by atoms with Crippen LogP contribution in [0.25, 0.3) is 0 Å². The maximum Gasteiger partial charge on any atom is 0.162 e. The average Bonchev–Trinajstić information content (AvgIpc) is 2.57. The van der Waals surface area contributed by atoms with Crippen LogP contribution in [-0.4, -0.2) is 21.2 Å². The Morgan fingerprint density at radius 2 is 1.65 bits per heavy atom. The molecule has 0 saturated carbocycles. The Hall–Kier alpha value is -2.51. The molecule has 0 aliphatic carbocycles. The molecule has 138 valence electrons. The molecule has 26 heavy (non-hydrogen) atoms. The fourth-order valence-electron chi connectivity index (χ4n) is 2.79. The monoisotopic (exact) mass is 352 g/mol. The molecule has 0 saturated heterocycles. The predicted molar refractivity (Wildman–Crippen MR) is 104 cm³/mol. The maximum atomic E-state index is 10.3. The predicted octanol–water partition coefficient (Wildman–Crippen LogP) is 4.68. The van der Waals surface area contributed by atoms with E-state index >= 15 is 0 Å². The minimum Gasteiger partial charge on any atom is -0.504 e. The summed E-state index contributed by atoms with van der Waals surface area (Å²) in [6.45, 7) is 11.7. The summed E-state index contributed by atoms with van der Waals surface area (Å²) >= 11 is 0. The van der Waals surface area contributed by atoms with Gasteiger partial charge in [0, 0.05) is 24.7 Å². The highest BCUT2D eigenvalue weighted by Gasteiger charge is 2.20. The number of phenolic OH excluding ortho intramolecular Hbond substituents is 2. The number of benzene rings is 2. The number of rotatable bonds is 5. The Labute approximate surface area is 156 Å². The van der Waals surface area contributed by atoms with Crippen LogP contribution >= 0.6 is 0 Å². The first kappa shape index (κ1) is 19.8. The van der Waals surface area contributed by atoms with Crippen molar-refractivity contribution in [1.82, 2.24) is 4.90 Å². The molecule has 0 atom stereocenters. The Kier molecular flexibility index (Phi) is 5.94. The first-order valence-electron chi connectivity index (χ1n) is 8.90. The quantitative estimate of drug-likeness (QED) is 0.767. The van der Waals surface area contributed by atoms with Crippen molar-refractivity contribution in [3.05, 3.63) is 58.7 Å². The minimum atomic E-state index is -0.115. The molecule has 4 nitrogen and oxygen atoms in total. The van der Waals surface area contributed by atoms with E-state index in [-0.39, 0.29) is 23.0 Å². The lowest BCUT2D eigenvalue weighted by molar-refractivity contribution is 0.200. The van der Waals surface area contributed by atoms with Gasteiger partial charge in [0.15, 0.2) is 11.5 Å². The molecule has 2 rings (SSSR count). The fourth-order valence-corrected chi connectivity index (χ4v) is 2.79. The Morgan fingerprint density at radius 1 is 1.04 bits per heavy atom. The van der Waals surface area contributed by atoms with Gasteiger partial charge in [0.05, 0.1) is 11.6 Å². The van der Waals surface area contributed by atoms with E-state index in [9.17, 15) is 10.2 Å². The zero-order valence-corrected chi connectivity index (χ0v) is 16.2. The number of aromatic hydroxyl groups is 2. The molecular formula is C22H28N2O2. The molecule has 0 aromatic heterocycles. The van der Waals surface area contributed by atoms with Crippen LogP contribution in [-0.2, 0) is 18.5 Å². The molecule has 0 unspecified atom stereocenters. The zero-order valence-electron chi connectivity index (χ0n) is 16.2. The molecular weight excluding hydrogens is 324 g/mol. The smallest absolute Gasteiger partial charge is 0.162 e. The van der Waals surface area contributed by atoms with Crippen molar-refractivity contribution < 1.29 is 10.2 Å². The van der Waals surface area contributed by atoms with Crippen LogP contribution in [0, 0.1) is 11.3 Å². The van der Waals surface area contributed by atoms with Crippen LogP contribution in [0.5, 0.6) is 11.5 Å². The van der Waals surface area contributed by atoms with Crippen molar-refractivity contribution in [2.24, 2.45) is 0 Å². The van der Waals surface area contributed by atoms with Crippen molar-refractivity contribution in [3.63, 3.8) is 0 Å². The van der Waals surface area contributed by atoms with E-state index in [4.69, 9.17) is 5.26 Å². The molecule has 0 bridgehead atoms. The van der Waals surface area contributed by atoms with Gasteiger partial charge in [-0.15, -0.1) is 0 Å². The lowest BCUT2D eigenvalue weighted by Crippen LogP contribution is -2.30. The van der Waals surface area contributed by atoms with Gasteiger partial charge in [0.1, 0.15) is 0 Å². The molecule has 4 heteroatoms. The molecule has 2 N–H and O–H groups in total. The zero-order chi connectivity index (χ0) is 19.5. The van der Waals surface area contributed by atoms with Crippen LogP contribution in [0.2, 0.25) is 0 Å². The van der Waals surface area contributed by atoms with Crippen LogP contribution in [0.1, 0.15) is 56.9 Å². The highest BCUT2D eigenvalue weighted by Crippen LogP contribution is 2.36. The fraction of sp³-hybridized carbons (Fsp3) is 0.409. The summed E-state index contributed by atoms with van der Waals surface area (Å²) in [5.74, 6) is -0.127. The van der Waals surface area contributed by atoms with Crippen LogP contribution in [0.3, 0.4) is 0 Å². The van der Waals surface area contributed by atoms with E-state index in [1.54, 1.807) is 6.07 Å². The van der Waals surface area contributed by atoms with Gasteiger partial charge in [-0.3, -0.25) is 4.90 Å². The number of phenols is 2. The Morgan fingerprint density at radius 3 is 2.15 bits per heavy atom. The molecule has 0 fully saturated rings. The second-order valence-electron chi connectivity index (χ2n) is 8.06. The van der Waals surface area contributed by atoms with Gasteiger partial charge in [-0.2, -0.15) is 5.26 Å². The molecule has 0 spiro atoms. The van der Waals surface area contributed by atoms with Crippen LogP contribution < -0.4 is 0 Å². The second-order valence-corrected chi connectivity index (χ2v) is 8.06. The van der Waals surface area contributed by atoms with Gasteiger partial charge < -0.3 is 10.2 Å². The third-order valence-electron chi connectivity index (χ3n) is 4.61. The Bertz CT molecular complexity index is 797. The summed E-state index contributed by atoms with van der Waals surface area (Å²) in [6, 6.07) is 13.5. The summed E-state index contributed by atoms with van der Waals surface area (Å²) in [7, 11) is 0. The Balaban J connectivity index is 2.29. The largest absolute Gasteiger partial charge is 0.504 e. The van der Waals surface area contributed by atoms with E-state index in [1.807, 2.05) is 30.3 Å². The molecule has 0 aliphatic rings. The SMILES string of the molecule is CC(C)N(Cc1ccc(C#N)cc1)Cc1cc(C(C)(C)C)cc(O)c1O. The van der Waals surface area contributed by atoms with Gasteiger partial charge in [0.25, 0.3) is 0 Å². The van der Waals surface area contributed by atoms with Crippen molar-refractivity contribution in [1.29, 1.82) is 5.26 Å². The number of hydrogen-bond donors (Lipinski definition) is 2. The van der Waals surface area contributed by atoms with E-state index in [1.165, 1.54) is 0 Å². The van der Waals surface area contributed by atoms with E-state index in [0.717, 1.165) is 16.7 Å². The van der Waals surface area contributed by atoms with Gasteiger partial charge >= 0.3 is 0 Å². The molecule has 2 aromatic carbocycles.